The molecular weight excluding hydrogens is 554 g/mol. The molecule has 42 heavy (non-hydrogen) atoms. The minimum atomic E-state index is -4.23. The second-order valence-corrected chi connectivity index (χ2v) is 13.0. The Kier molecular flexibility index (Phi) is 8.87. The lowest BCUT2D eigenvalue weighted by Gasteiger charge is -2.27. The van der Waals surface area contributed by atoms with Crippen LogP contribution in [0.3, 0.4) is 0 Å². The van der Waals surface area contributed by atoms with Crippen molar-refractivity contribution < 1.29 is 32.2 Å². The van der Waals surface area contributed by atoms with Gasteiger partial charge < -0.3 is 19.1 Å². The highest BCUT2D eigenvalue weighted by atomic mass is 32.2. The summed E-state index contributed by atoms with van der Waals surface area (Å²) in [6.45, 7) is 3.69. The first kappa shape index (κ1) is 29.6. The number of sulfone groups is 1. The lowest BCUT2D eigenvalue weighted by Crippen LogP contribution is -2.41. The van der Waals surface area contributed by atoms with Crippen LogP contribution in [-0.2, 0) is 30.7 Å². The van der Waals surface area contributed by atoms with Gasteiger partial charge in [0.1, 0.15) is 6.04 Å². The van der Waals surface area contributed by atoms with Crippen LogP contribution in [0.1, 0.15) is 55.2 Å². The number of hydrogen-bond donors (Lipinski definition) is 0. The summed E-state index contributed by atoms with van der Waals surface area (Å²) in [5.74, 6) is -1.38. The predicted molar refractivity (Wildman–Crippen MR) is 158 cm³/mol. The molecule has 8 nitrogen and oxygen atoms in total. The molecule has 1 aliphatic carbocycles. The summed E-state index contributed by atoms with van der Waals surface area (Å²) in [5, 5.41) is -1.55. The quantitative estimate of drug-likeness (QED) is 0.298. The number of amides is 1. The molecule has 0 spiro atoms. The van der Waals surface area contributed by atoms with Crippen LogP contribution in [0.4, 0.5) is 0 Å². The molecule has 0 radical (unpaired) electrons. The van der Waals surface area contributed by atoms with E-state index in [0.29, 0.717) is 17.1 Å². The molecule has 5 rings (SSSR count). The molecule has 1 saturated heterocycles. The van der Waals surface area contributed by atoms with Crippen molar-refractivity contribution in [1.82, 2.24) is 4.90 Å². The number of carbonyl (C=O) groups excluding carboxylic acids is 2. The maximum Gasteiger partial charge on any atom is 0.329 e. The van der Waals surface area contributed by atoms with Gasteiger partial charge in [0.2, 0.25) is 5.91 Å². The highest BCUT2D eigenvalue weighted by Crippen LogP contribution is 2.44. The lowest BCUT2D eigenvalue weighted by molar-refractivity contribution is -0.152. The van der Waals surface area contributed by atoms with Crippen LogP contribution in [-0.4, -0.2) is 56.3 Å². The molecule has 1 heterocycles. The minimum Gasteiger partial charge on any atom is -0.493 e. The first-order valence-electron chi connectivity index (χ1n) is 14.4. The van der Waals surface area contributed by atoms with Crippen molar-refractivity contribution >= 4 is 21.7 Å². The number of methoxy groups -OCH3 is 1. The summed E-state index contributed by atoms with van der Waals surface area (Å²) in [7, 11) is -2.69. The van der Waals surface area contributed by atoms with Crippen molar-refractivity contribution in [3.8, 4) is 11.5 Å². The van der Waals surface area contributed by atoms with Crippen molar-refractivity contribution in [3.05, 3.63) is 89.5 Å². The summed E-state index contributed by atoms with van der Waals surface area (Å²) in [5.41, 5.74) is 2.15. The molecule has 3 aromatic carbocycles. The first-order chi connectivity index (χ1) is 20.2. The van der Waals surface area contributed by atoms with Gasteiger partial charge in [-0.25, -0.2) is 13.2 Å². The van der Waals surface area contributed by atoms with Gasteiger partial charge in [0.15, 0.2) is 26.6 Å². The van der Waals surface area contributed by atoms with Crippen molar-refractivity contribution in [2.45, 2.75) is 74.3 Å². The Morgan fingerprint density at radius 3 is 2.29 bits per heavy atom. The Morgan fingerprint density at radius 1 is 0.952 bits per heavy atom. The van der Waals surface area contributed by atoms with E-state index in [-0.39, 0.29) is 24.2 Å². The molecular formula is C33H37NO7S. The van der Waals surface area contributed by atoms with E-state index in [1.165, 1.54) is 17.0 Å². The van der Waals surface area contributed by atoms with E-state index in [1.807, 2.05) is 37.3 Å². The SMILES string of the molecule is CCOC(=O)[C@H]1[C@H](c2ccc(OC)c(OC3CCCC3)c2)[C@@H](S(=O)(=O)c2ccc(C)cc2)C(=O)N1Cc1ccccc1. The van der Waals surface area contributed by atoms with Gasteiger partial charge >= 0.3 is 5.97 Å². The molecule has 0 aromatic heterocycles. The zero-order valence-corrected chi connectivity index (χ0v) is 25.0. The van der Waals surface area contributed by atoms with Gasteiger partial charge in [-0.05, 0) is 74.9 Å². The van der Waals surface area contributed by atoms with Crippen LogP contribution < -0.4 is 9.47 Å². The summed E-state index contributed by atoms with van der Waals surface area (Å²) in [6.07, 6.45) is 3.98. The largest absolute Gasteiger partial charge is 0.493 e. The lowest BCUT2D eigenvalue weighted by atomic mass is 9.90. The number of hydrogen-bond acceptors (Lipinski definition) is 7. The number of aryl methyl sites for hydroxylation is 1. The Bertz CT molecular complexity index is 1520. The number of rotatable bonds is 10. The van der Waals surface area contributed by atoms with Crippen LogP contribution in [0.2, 0.25) is 0 Å². The van der Waals surface area contributed by atoms with Gasteiger partial charge in [0.05, 0.1) is 24.7 Å². The van der Waals surface area contributed by atoms with Crippen LogP contribution in [0, 0.1) is 6.92 Å². The number of ether oxygens (including phenoxy) is 3. The number of carbonyl (C=O) groups is 2. The third-order valence-corrected chi connectivity index (χ3v) is 10.2. The van der Waals surface area contributed by atoms with E-state index in [0.717, 1.165) is 36.8 Å². The standard InChI is InChI=1S/C33H37NO7S/c1-4-40-33(36)30-29(24-16-19-27(39-3)28(20-24)41-25-12-8-9-13-25)31(42(37,38)26-17-14-22(2)15-18-26)32(35)34(30)21-23-10-6-5-7-11-23/h5-7,10-11,14-20,25,29-31H,4,8-9,12-13,21H2,1-3H3/t29-,30+,31+/m0/s1. The van der Waals surface area contributed by atoms with E-state index < -0.39 is 38.9 Å². The number of nitrogens with zero attached hydrogens (tertiary/aromatic N) is 1. The smallest absolute Gasteiger partial charge is 0.329 e. The fourth-order valence-electron chi connectivity index (χ4n) is 6.01. The zero-order chi connectivity index (χ0) is 29.9. The van der Waals surface area contributed by atoms with Crippen LogP contribution in [0.15, 0.2) is 77.7 Å². The summed E-state index contributed by atoms with van der Waals surface area (Å²) < 4.78 is 46.0. The van der Waals surface area contributed by atoms with Gasteiger partial charge in [-0.1, -0.05) is 54.1 Å². The van der Waals surface area contributed by atoms with Crippen molar-refractivity contribution in [2.24, 2.45) is 0 Å². The maximum atomic E-state index is 14.3. The average molecular weight is 592 g/mol. The molecule has 9 heteroatoms. The topological polar surface area (TPSA) is 99.2 Å². The van der Waals surface area contributed by atoms with Crippen molar-refractivity contribution in [3.63, 3.8) is 0 Å². The Labute approximate surface area is 247 Å². The highest BCUT2D eigenvalue weighted by Gasteiger charge is 2.58. The van der Waals surface area contributed by atoms with Gasteiger partial charge in [0, 0.05) is 12.5 Å². The van der Waals surface area contributed by atoms with E-state index in [2.05, 4.69) is 0 Å². The fraction of sp³-hybridized carbons (Fsp3) is 0.394. The predicted octanol–water partition coefficient (Wildman–Crippen LogP) is 5.23. The van der Waals surface area contributed by atoms with Crippen LogP contribution in [0.25, 0.3) is 0 Å². The minimum absolute atomic E-state index is 0.0156. The number of esters is 1. The van der Waals surface area contributed by atoms with E-state index in [4.69, 9.17) is 14.2 Å². The second-order valence-electron chi connectivity index (χ2n) is 10.9. The highest BCUT2D eigenvalue weighted by molar-refractivity contribution is 7.93. The molecule has 1 aliphatic heterocycles. The van der Waals surface area contributed by atoms with Gasteiger partial charge in [0.25, 0.3) is 0 Å². The molecule has 0 unspecified atom stereocenters. The van der Waals surface area contributed by atoms with Gasteiger partial charge in [-0.2, -0.15) is 0 Å². The van der Waals surface area contributed by atoms with Crippen LogP contribution in [0.5, 0.6) is 11.5 Å². The number of benzene rings is 3. The van der Waals surface area contributed by atoms with Gasteiger partial charge in [-0.3, -0.25) is 4.79 Å². The Balaban J connectivity index is 1.67. The monoisotopic (exact) mass is 591 g/mol. The Morgan fingerprint density at radius 2 is 1.64 bits per heavy atom. The van der Waals surface area contributed by atoms with E-state index in [1.54, 1.807) is 44.4 Å². The Hall–Kier alpha value is -3.85. The third-order valence-electron chi connectivity index (χ3n) is 8.10. The molecule has 2 fully saturated rings. The van der Waals surface area contributed by atoms with E-state index >= 15 is 0 Å². The number of likely N-dealkylation sites (tertiary alicyclic amines) is 1. The molecule has 3 aromatic rings. The third kappa shape index (κ3) is 5.88. The molecule has 0 N–H and O–H groups in total. The van der Waals surface area contributed by atoms with Crippen LogP contribution >= 0.6 is 0 Å². The maximum absolute atomic E-state index is 14.3. The molecule has 222 valence electrons. The summed E-state index contributed by atoms with van der Waals surface area (Å²) >= 11 is 0. The molecule has 3 atom stereocenters. The first-order valence-corrected chi connectivity index (χ1v) is 16.0. The van der Waals surface area contributed by atoms with E-state index in [9.17, 15) is 18.0 Å². The zero-order valence-electron chi connectivity index (χ0n) is 24.2. The average Bonchev–Trinajstić information content (AvgIpc) is 3.60. The van der Waals surface area contributed by atoms with Crippen molar-refractivity contribution in [1.29, 1.82) is 0 Å². The summed E-state index contributed by atoms with van der Waals surface area (Å²) in [4.78, 5) is 29.3. The fourth-order valence-corrected chi connectivity index (χ4v) is 7.91. The molecule has 1 amide bonds. The van der Waals surface area contributed by atoms with Crippen molar-refractivity contribution in [2.75, 3.05) is 13.7 Å². The second kappa shape index (κ2) is 12.6. The normalized spacial score (nSPS) is 21.0. The molecule has 0 bridgehead atoms. The molecule has 2 aliphatic rings. The van der Waals surface area contributed by atoms with Gasteiger partial charge in [-0.15, -0.1) is 0 Å². The summed E-state index contributed by atoms with van der Waals surface area (Å²) in [6, 6.07) is 19.6. The molecule has 1 saturated carbocycles.